The summed E-state index contributed by atoms with van der Waals surface area (Å²) in [4.78, 5) is 2.70. The normalized spacial score (nSPS) is 35.4. The van der Waals surface area contributed by atoms with Crippen molar-refractivity contribution in [3.8, 4) is 0 Å². The fourth-order valence-corrected chi connectivity index (χ4v) is 4.29. The van der Waals surface area contributed by atoms with Crippen molar-refractivity contribution in [1.29, 1.82) is 0 Å². The van der Waals surface area contributed by atoms with Gasteiger partial charge in [-0.3, -0.25) is 4.90 Å². The van der Waals surface area contributed by atoms with Crippen molar-refractivity contribution in [3.63, 3.8) is 0 Å². The zero-order valence-corrected chi connectivity index (χ0v) is 10.6. The average Bonchev–Trinajstić information content (AvgIpc) is 2.52. The highest BCUT2D eigenvalue weighted by atomic mass is 32.2. The molecule has 0 aliphatic carbocycles. The van der Waals surface area contributed by atoms with Crippen LogP contribution in [0.15, 0.2) is 0 Å². The predicted octanol–water partition coefficient (Wildman–Crippen LogP) is 3.00. The molecular formula is C12H23NS. The molecule has 0 aromatic heterocycles. The van der Waals surface area contributed by atoms with Crippen molar-refractivity contribution < 1.29 is 0 Å². The minimum atomic E-state index is 0.376. The molecular weight excluding hydrogens is 190 g/mol. The van der Waals surface area contributed by atoms with Gasteiger partial charge in [-0.25, -0.2) is 0 Å². The zero-order chi connectivity index (χ0) is 10.2. The van der Waals surface area contributed by atoms with Gasteiger partial charge in [0.2, 0.25) is 0 Å². The van der Waals surface area contributed by atoms with Crippen molar-refractivity contribution in [2.24, 2.45) is 5.41 Å². The summed E-state index contributed by atoms with van der Waals surface area (Å²) in [7, 11) is 0. The first-order chi connectivity index (χ1) is 6.52. The van der Waals surface area contributed by atoms with Gasteiger partial charge in [-0.2, -0.15) is 11.8 Å². The van der Waals surface area contributed by atoms with E-state index in [1.54, 1.807) is 0 Å². The minimum absolute atomic E-state index is 0.376. The van der Waals surface area contributed by atoms with Crippen molar-refractivity contribution in [1.82, 2.24) is 4.90 Å². The van der Waals surface area contributed by atoms with Crippen LogP contribution in [-0.2, 0) is 0 Å². The number of likely N-dealkylation sites (tertiary alicyclic amines) is 1. The Bertz CT molecular complexity index is 201. The highest BCUT2D eigenvalue weighted by Crippen LogP contribution is 2.44. The first kappa shape index (κ1) is 10.8. The minimum Gasteiger partial charge on any atom is -0.298 e. The van der Waals surface area contributed by atoms with E-state index >= 15 is 0 Å². The second kappa shape index (κ2) is 3.71. The Kier molecular flexibility index (Phi) is 2.87. The molecule has 14 heavy (non-hydrogen) atoms. The van der Waals surface area contributed by atoms with Crippen molar-refractivity contribution in [2.45, 2.75) is 45.6 Å². The van der Waals surface area contributed by atoms with Crippen LogP contribution in [-0.4, -0.2) is 35.0 Å². The van der Waals surface area contributed by atoms with E-state index in [0.29, 0.717) is 11.0 Å². The molecule has 2 heterocycles. The summed E-state index contributed by atoms with van der Waals surface area (Å²) in [6.07, 6.45) is 4.36. The molecule has 0 saturated carbocycles. The fraction of sp³-hybridized carbons (Fsp3) is 1.00. The maximum absolute atomic E-state index is 2.70. The third-order valence-corrected chi connectivity index (χ3v) is 5.10. The molecule has 2 fully saturated rings. The Morgan fingerprint density at radius 2 is 2.00 bits per heavy atom. The lowest BCUT2D eigenvalue weighted by atomic mass is 9.78. The molecule has 0 aromatic rings. The van der Waals surface area contributed by atoms with Crippen LogP contribution in [0.5, 0.6) is 0 Å². The number of hydrogen-bond donors (Lipinski definition) is 0. The van der Waals surface area contributed by atoms with Crippen LogP contribution in [0.1, 0.15) is 40.0 Å². The predicted molar refractivity (Wildman–Crippen MR) is 64.9 cm³/mol. The molecule has 2 heteroatoms. The van der Waals surface area contributed by atoms with Gasteiger partial charge in [-0.1, -0.05) is 0 Å². The van der Waals surface area contributed by atoms with E-state index in [2.05, 4.69) is 37.4 Å². The van der Waals surface area contributed by atoms with Crippen LogP contribution < -0.4 is 0 Å². The van der Waals surface area contributed by atoms with E-state index in [0.717, 1.165) is 0 Å². The molecule has 2 aliphatic heterocycles. The number of nitrogens with zero attached hydrogens (tertiary/aromatic N) is 1. The molecule has 0 amide bonds. The van der Waals surface area contributed by atoms with Crippen LogP contribution in [0, 0.1) is 5.41 Å². The topological polar surface area (TPSA) is 3.24 Å². The Morgan fingerprint density at radius 1 is 1.21 bits per heavy atom. The lowest BCUT2D eigenvalue weighted by molar-refractivity contribution is 0.0383. The van der Waals surface area contributed by atoms with Crippen LogP contribution in [0.3, 0.4) is 0 Å². The SMILES string of the molecule is CC(C)(C)N1CCCC2(CCSC2)C1. The molecule has 1 spiro atoms. The van der Waals surface area contributed by atoms with Crippen molar-refractivity contribution in [2.75, 3.05) is 24.6 Å². The van der Waals surface area contributed by atoms with E-state index in [1.807, 2.05) is 0 Å². The summed E-state index contributed by atoms with van der Waals surface area (Å²) in [5, 5.41) is 0. The fourth-order valence-electron chi connectivity index (χ4n) is 2.75. The summed E-state index contributed by atoms with van der Waals surface area (Å²) >= 11 is 2.17. The zero-order valence-electron chi connectivity index (χ0n) is 9.81. The van der Waals surface area contributed by atoms with Gasteiger partial charge in [0.1, 0.15) is 0 Å². The Labute approximate surface area is 92.6 Å². The van der Waals surface area contributed by atoms with Crippen LogP contribution in [0.25, 0.3) is 0 Å². The molecule has 2 saturated heterocycles. The third-order valence-electron chi connectivity index (χ3n) is 3.80. The first-order valence-electron chi connectivity index (χ1n) is 5.85. The maximum Gasteiger partial charge on any atom is 0.0125 e. The van der Waals surface area contributed by atoms with Gasteiger partial charge in [0.15, 0.2) is 0 Å². The first-order valence-corrected chi connectivity index (χ1v) is 7.00. The highest BCUT2D eigenvalue weighted by molar-refractivity contribution is 7.99. The average molecular weight is 213 g/mol. The second-order valence-electron chi connectivity index (χ2n) is 6.00. The van der Waals surface area contributed by atoms with Crippen molar-refractivity contribution in [3.05, 3.63) is 0 Å². The Balaban J connectivity index is 2.03. The molecule has 1 unspecified atom stereocenters. The lowest BCUT2D eigenvalue weighted by Crippen LogP contribution is -2.51. The van der Waals surface area contributed by atoms with E-state index in [4.69, 9.17) is 0 Å². The summed E-state index contributed by atoms with van der Waals surface area (Å²) in [5.41, 5.74) is 1.07. The van der Waals surface area contributed by atoms with E-state index in [-0.39, 0.29) is 0 Å². The second-order valence-corrected chi connectivity index (χ2v) is 7.10. The summed E-state index contributed by atoms with van der Waals surface area (Å²) < 4.78 is 0. The molecule has 2 aliphatic rings. The third kappa shape index (κ3) is 2.11. The lowest BCUT2D eigenvalue weighted by Gasteiger charge is -2.46. The molecule has 82 valence electrons. The van der Waals surface area contributed by atoms with Gasteiger partial charge < -0.3 is 0 Å². The van der Waals surface area contributed by atoms with E-state index in [1.165, 1.54) is 43.9 Å². The van der Waals surface area contributed by atoms with Crippen molar-refractivity contribution >= 4 is 11.8 Å². The molecule has 0 N–H and O–H groups in total. The number of hydrogen-bond acceptors (Lipinski definition) is 2. The summed E-state index contributed by atoms with van der Waals surface area (Å²) in [6.45, 7) is 9.73. The van der Waals surface area contributed by atoms with Gasteiger partial charge in [0.25, 0.3) is 0 Å². The molecule has 0 radical (unpaired) electrons. The standard InChI is InChI=1S/C12H23NS/c1-11(2,3)13-7-4-5-12(9-13)6-8-14-10-12/h4-10H2,1-3H3. The molecule has 1 nitrogen and oxygen atoms in total. The smallest absolute Gasteiger partial charge is 0.0125 e. The molecule has 0 bridgehead atoms. The quantitative estimate of drug-likeness (QED) is 0.608. The van der Waals surface area contributed by atoms with E-state index in [9.17, 15) is 0 Å². The van der Waals surface area contributed by atoms with Gasteiger partial charge in [-0.15, -0.1) is 0 Å². The number of rotatable bonds is 0. The monoisotopic (exact) mass is 213 g/mol. The Morgan fingerprint density at radius 3 is 2.57 bits per heavy atom. The molecule has 1 atom stereocenters. The van der Waals surface area contributed by atoms with Crippen LogP contribution >= 0.6 is 11.8 Å². The van der Waals surface area contributed by atoms with Crippen LogP contribution in [0.4, 0.5) is 0 Å². The molecule has 2 rings (SSSR count). The van der Waals surface area contributed by atoms with Gasteiger partial charge >= 0.3 is 0 Å². The Hall–Kier alpha value is 0.310. The number of piperidine rings is 1. The summed E-state index contributed by atoms with van der Waals surface area (Å²) in [6, 6.07) is 0. The van der Waals surface area contributed by atoms with Gasteiger partial charge in [0.05, 0.1) is 0 Å². The van der Waals surface area contributed by atoms with Crippen LogP contribution in [0.2, 0.25) is 0 Å². The largest absolute Gasteiger partial charge is 0.298 e. The molecule has 0 aromatic carbocycles. The summed E-state index contributed by atoms with van der Waals surface area (Å²) in [5.74, 6) is 2.82. The maximum atomic E-state index is 2.70. The van der Waals surface area contributed by atoms with E-state index < -0.39 is 0 Å². The van der Waals surface area contributed by atoms with Gasteiger partial charge in [-0.05, 0) is 57.7 Å². The number of thioether (sulfide) groups is 1. The van der Waals surface area contributed by atoms with Gasteiger partial charge in [0, 0.05) is 17.8 Å². The highest BCUT2D eigenvalue weighted by Gasteiger charge is 2.40.